The minimum absolute atomic E-state index is 0.0372. The van der Waals surface area contributed by atoms with Crippen molar-refractivity contribution in [3.05, 3.63) is 77.9 Å². The topological polar surface area (TPSA) is 46.1 Å². The lowest BCUT2D eigenvalue weighted by molar-refractivity contribution is 0.0986. The second kappa shape index (κ2) is 7.68. The molecule has 2 aromatic carbocycles. The lowest BCUT2D eigenvalue weighted by Crippen LogP contribution is -2.32. The molecule has 2 heterocycles. The molecule has 4 nitrogen and oxygen atoms in total. The van der Waals surface area contributed by atoms with Gasteiger partial charge in [-0.25, -0.2) is 9.97 Å². The van der Waals surface area contributed by atoms with Crippen LogP contribution in [0.15, 0.2) is 72.4 Å². The van der Waals surface area contributed by atoms with E-state index in [2.05, 4.69) is 29.0 Å². The van der Waals surface area contributed by atoms with E-state index in [4.69, 9.17) is 0 Å². The fourth-order valence-electron chi connectivity index (χ4n) is 3.06. The van der Waals surface area contributed by atoms with Crippen LogP contribution in [-0.4, -0.2) is 22.4 Å². The first kappa shape index (κ1) is 17.4. The van der Waals surface area contributed by atoms with E-state index in [-0.39, 0.29) is 5.91 Å². The predicted molar refractivity (Wildman–Crippen MR) is 111 cm³/mol. The third-order valence-electron chi connectivity index (χ3n) is 4.40. The van der Waals surface area contributed by atoms with Gasteiger partial charge in [-0.05, 0) is 47.9 Å². The number of anilines is 1. The van der Waals surface area contributed by atoms with E-state index >= 15 is 0 Å². The number of amides is 1. The molecule has 4 rings (SSSR count). The van der Waals surface area contributed by atoms with Crippen LogP contribution in [0.4, 0.5) is 5.82 Å². The van der Waals surface area contributed by atoms with Crippen molar-refractivity contribution in [1.29, 1.82) is 0 Å². The summed E-state index contributed by atoms with van der Waals surface area (Å²) < 4.78 is 1.02. The Hall–Kier alpha value is -3.05. The number of fused-ring (bicyclic) bond motifs is 1. The second-order valence-electron chi connectivity index (χ2n) is 6.26. The van der Waals surface area contributed by atoms with E-state index in [0.717, 1.165) is 27.8 Å². The van der Waals surface area contributed by atoms with E-state index in [9.17, 15) is 4.79 Å². The summed E-state index contributed by atoms with van der Waals surface area (Å²) in [4.78, 5) is 23.7. The molecule has 0 saturated carbocycles. The Labute approximate surface area is 162 Å². The fourth-order valence-corrected chi connectivity index (χ4v) is 3.78. The van der Waals surface area contributed by atoms with Crippen LogP contribution in [-0.2, 0) is 0 Å². The molecular weight excluding hydrogens is 354 g/mol. The number of aromatic nitrogens is 2. The van der Waals surface area contributed by atoms with Crippen LogP contribution < -0.4 is 4.90 Å². The molecule has 0 atom stereocenters. The molecule has 4 aromatic rings. The minimum Gasteiger partial charge on any atom is -0.293 e. The summed E-state index contributed by atoms with van der Waals surface area (Å²) in [6.07, 6.45) is 2.62. The normalized spacial score (nSPS) is 10.9. The van der Waals surface area contributed by atoms with Crippen molar-refractivity contribution >= 4 is 33.3 Å². The number of hydrogen-bond donors (Lipinski definition) is 0. The summed E-state index contributed by atoms with van der Waals surface area (Å²) in [5, 5.41) is 0. The van der Waals surface area contributed by atoms with Gasteiger partial charge in [-0.2, -0.15) is 0 Å². The molecule has 0 spiro atoms. The SMILES string of the molecule is CCCN(C(=O)c1ccc2ncsc2c1)c1cc(-c2ccccc2)ccn1. The minimum atomic E-state index is -0.0372. The molecule has 1 amide bonds. The fraction of sp³-hybridized carbons (Fsp3) is 0.136. The molecule has 0 aliphatic heterocycles. The Morgan fingerprint density at radius 1 is 1.00 bits per heavy atom. The number of rotatable bonds is 5. The van der Waals surface area contributed by atoms with Gasteiger partial charge < -0.3 is 0 Å². The van der Waals surface area contributed by atoms with Crippen LogP contribution in [0.1, 0.15) is 23.7 Å². The number of benzene rings is 2. The average Bonchev–Trinajstić information content (AvgIpc) is 3.20. The first-order valence-corrected chi connectivity index (χ1v) is 9.81. The quantitative estimate of drug-likeness (QED) is 0.469. The molecule has 2 aromatic heterocycles. The van der Waals surface area contributed by atoms with Gasteiger partial charge in [0.25, 0.3) is 5.91 Å². The summed E-state index contributed by atoms with van der Waals surface area (Å²) in [6, 6.07) is 19.7. The van der Waals surface area contributed by atoms with Crippen molar-refractivity contribution in [3.8, 4) is 11.1 Å². The lowest BCUT2D eigenvalue weighted by Gasteiger charge is -2.22. The molecule has 0 N–H and O–H groups in total. The Morgan fingerprint density at radius 3 is 2.67 bits per heavy atom. The third-order valence-corrected chi connectivity index (χ3v) is 5.19. The van der Waals surface area contributed by atoms with Crippen molar-refractivity contribution < 1.29 is 4.79 Å². The molecule has 0 aliphatic rings. The highest BCUT2D eigenvalue weighted by atomic mass is 32.1. The Morgan fingerprint density at radius 2 is 1.85 bits per heavy atom. The Kier molecular flexibility index (Phi) is 4.94. The first-order valence-electron chi connectivity index (χ1n) is 8.93. The van der Waals surface area contributed by atoms with Gasteiger partial charge in [0.1, 0.15) is 5.82 Å². The zero-order valence-corrected chi connectivity index (χ0v) is 15.8. The first-order chi connectivity index (χ1) is 13.3. The van der Waals surface area contributed by atoms with E-state index < -0.39 is 0 Å². The maximum Gasteiger partial charge on any atom is 0.259 e. The molecule has 0 radical (unpaired) electrons. The molecule has 0 fully saturated rings. The van der Waals surface area contributed by atoms with Crippen molar-refractivity contribution in [2.75, 3.05) is 11.4 Å². The maximum absolute atomic E-state index is 13.2. The highest BCUT2D eigenvalue weighted by Crippen LogP contribution is 2.25. The molecule has 5 heteroatoms. The Bertz CT molecular complexity index is 1080. The van der Waals surface area contributed by atoms with Gasteiger partial charge in [0, 0.05) is 18.3 Å². The van der Waals surface area contributed by atoms with Crippen LogP contribution in [0.25, 0.3) is 21.3 Å². The standard InChI is InChI=1S/C22H19N3OS/c1-2-12-25(22(26)18-8-9-19-20(13-18)27-15-24-19)21-14-17(10-11-23-21)16-6-4-3-5-7-16/h3-11,13-15H,2,12H2,1H3. The largest absolute Gasteiger partial charge is 0.293 e. The monoisotopic (exact) mass is 373 g/mol. The number of hydrogen-bond acceptors (Lipinski definition) is 4. The van der Waals surface area contributed by atoms with E-state index in [1.54, 1.807) is 27.9 Å². The maximum atomic E-state index is 13.2. The number of thiazole rings is 1. The summed E-state index contributed by atoms with van der Waals surface area (Å²) in [6.45, 7) is 2.68. The van der Waals surface area contributed by atoms with Crippen LogP contribution in [0.3, 0.4) is 0 Å². The van der Waals surface area contributed by atoms with Crippen molar-refractivity contribution in [1.82, 2.24) is 9.97 Å². The Balaban J connectivity index is 1.70. The molecule has 0 saturated heterocycles. The van der Waals surface area contributed by atoms with Crippen LogP contribution >= 0.6 is 11.3 Å². The summed E-state index contributed by atoms with van der Waals surface area (Å²) in [7, 11) is 0. The van der Waals surface area contributed by atoms with Crippen molar-refractivity contribution in [2.45, 2.75) is 13.3 Å². The van der Waals surface area contributed by atoms with E-state index in [0.29, 0.717) is 17.9 Å². The van der Waals surface area contributed by atoms with Gasteiger partial charge in [0.05, 0.1) is 15.7 Å². The summed E-state index contributed by atoms with van der Waals surface area (Å²) >= 11 is 1.54. The zero-order chi connectivity index (χ0) is 18.6. The average molecular weight is 373 g/mol. The number of nitrogens with zero attached hydrogens (tertiary/aromatic N) is 3. The van der Waals surface area contributed by atoms with Crippen LogP contribution in [0, 0.1) is 0 Å². The molecule has 0 unspecified atom stereocenters. The highest BCUT2D eigenvalue weighted by Gasteiger charge is 2.19. The second-order valence-corrected chi connectivity index (χ2v) is 7.15. The van der Waals surface area contributed by atoms with Gasteiger partial charge in [-0.1, -0.05) is 37.3 Å². The van der Waals surface area contributed by atoms with Gasteiger partial charge in [0.15, 0.2) is 0 Å². The van der Waals surface area contributed by atoms with Gasteiger partial charge in [-0.3, -0.25) is 9.69 Å². The lowest BCUT2D eigenvalue weighted by atomic mass is 10.1. The summed E-state index contributed by atoms with van der Waals surface area (Å²) in [5.41, 5.74) is 5.53. The van der Waals surface area contributed by atoms with E-state index in [1.807, 2.05) is 48.5 Å². The zero-order valence-electron chi connectivity index (χ0n) is 15.0. The van der Waals surface area contributed by atoms with Gasteiger partial charge >= 0.3 is 0 Å². The molecule has 0 aliphatic carbocycles. The number of carbonyl (C=O) groups is 1. The molecule has 0 bridgehead atoms. The van der Waals surface area contributed by atoms with Gasteiger partial charge in [0.2, 0.25) is 0 Å². The molecule has 27 heavy (non-hydrogen) atoms. The third kappa shape index (κ3) is 3.59. The molecule has 134 valence electrons. The van der Waals surface area contributed by atoms with Crippen LogP contribution in [0.2, 0.25) is 0 Å². The van der Waals surface area contributed by atoms with Gasteiger partial charge in [-0.15, -0.1) is 11.3 Å². The number of pyridine rings is 1. The van der Waals surface area contributed by atoms with E-state index in [1.165, 1.54) is 0 Å². The number of carbonyl (C=O) groups excluding carboxylic acids is 1. The predicted octanol–water partition coefficient (Wildman–Crippen LogP) is 5.42. The summed E-state index contributed by atoms with van der Waals surface area (Å²) in [5.74, 6) is 0.637. The van der Waals surface area contributed by atoms with Crippen LogP contribution in [0.5, 0.6) is 0 Å². The van der Waals surface area contributed by atoms with Crippen molar-refractivity contribution in [3.63, 3.8) is 0 Å². The molecular formula is C22H19N3OS. The van der Waals surface area contributed by atoms with Crippen molar-refractivity contribution in [2.24, 2.45) is 0 Å². The highest BCUT2D eigenvalue weighted by molar-refractivity contribution is 7.16. The smallest absolute Gasteiger partial charge is 0.259 e.